The fraction of sp³-hybridized carbons (Fsp3) is 0.348. The molecule has 2 unspecified atom stereocenters. The molecule has 120 valence electrons. The molecule has 1 fully saturated rings. The average molecular weight is 314 g/mol. The lowest BCUT2D eigenvalue weighted by molar-refractivity contribution is -0.782. The van der Waals surface area contributed by atoms with Crippen LogP contribution in [0.5, 0.6) is 0 Å². The Kier molecular flexibility index (Phi) is 2.78. The molecule has 0 amide bonds. The van der Waals surface area contributed by atoms with Gasteiger partial charge in [-0.3, -0.25) is 0 Å². The topological polar surface area (TPSA) is 3.88 Å². The zero-order valence-corrected chi connectivity index (χ0v) is 14.5. The van der Waals surface area contributed by atoms with Gasteiger partial charge in [-0.25, -0.2) is 0 Å². The average Bonchev–Trinajstić information content (AvgIpc) is 2.62. The molecule has 1 saturated carbocycles. The van der Waals surface area contributed by atoms with Crippen molar-refractivity contribution in [3.8, 4) is 11.3 Å². The first kappa shape index (κ1) is 14.2. The minimum atomic E-state index is 0.246. The van der Waals surface area contributed by atoms with Crippen LogP contribution in [-0.4, -0.2) is 0 Å². The second-order valence-corrected chi connectivity index (χ2v) is 7.49. The molecule has 2 heterocycles. The Balaban J connectivity index is 1.97. The standard InChI is InChI=1S/C23H24N/c1-3-22-14-15-23(22,4-2)24-16-13-17-9-5-6-10-18(17)21(24)19-11-7-8-12-20(19)22/h5-13,16H,3-4,14-15H2,1-2H3/q+1. The summed E-state index contributed by atoms with van der Waals surface area (Å²) in [6, 6.07) is 20.3. The second-order valence-electron chi connectivity index (χ2n) is 7.49. The summed E-state index contributed by atoms with van der Waals surface area (Å²) in [5.74, 6) is 0. The van der Waals surface area contributed by atoms with Gasteiger partial charge in [0.2, 0.25) is 5.69 Å². The smallest absolute Gasteiger partial charge is 0.191 e. The summed E-state index contributed by atoms with van der Waals surface area (Å²) in [4.78, 5) is 0. The predicted octanol–water partition coefficient (Wildman–Crippen LogP) is 5.35. The fourth-order valence-corrected chi connectivity index (χ4v) is 5.79. The number of pyridine rings is 1. The number of fused-ring (bicyclic) bond motifs is 8. The van der Waals surface area contributed by atoms with Crippen molar-refractivity contribution in [2.45, 2.75) is 50.5 Å². The summed E-state index contributed by atoms with van der Waals surface area (Å²) in [6.45, 7) is 4.76. The third kappa shape index (κ3) is 1.41. The van der Waals surface area contributed by atoms with E-state index in [1.807, 2.05) is 0 Å². The molecule has 1 aliphatic carbocycles. The van der Waals surface area contributed by atoms with Crippen molar-refractivity contribution >= 4 is 10.8 Å². The molecule has 0 radical (unpaired) electrons. The summed E-state index contributed by atoms with van der Waals surface area (Å²) in [5, 5.41) is 2.73. The normalized spacial score (nSPS) is 27.1. The first-order valence-corrected chi connectivity index (χ1v) is 9.31. The van der Waals surface area contributed by atoms with Gasteiger partial charge in [-0.1, -0.05) is 50.2 Å². The highest BCUT2D eigenvalue weighted by molar-refractivity contribution is 5.94. The van der Waals surface area contributed by atoms with Crippen molar-refractivity contribution in [2.24, 2.45) is 0 Å². The van der Waals surface area contributed by atoms with Gasteiger partial charge in [0.15, 0.2) is 11.7 Å². The van der Waals surface area contributed by atoms with Crippen molar-refractivity contribution in [2.75, 3.05) is 0 Å². The van der Waals surface area contributed by atoms with Crippen molar-refractivity contribution in [1.82, 2.24) is 0 Å². The maximum atomic E-state index is 2.64. The van der Waals surface area contributed by atoms with Crippen LogP contribution < -0.4 is 4.57 Å². The van der Waals surface area contributed by atoms with Gasteiger partial charge in [-0.2, -0.15) is 4.57 Å². The van der Waals surface area contributed by atoms with Gasteiger partial charge in [0.1, 0.15) is 0 Å². The van der Waals surface area contributed by atoms with E-state index in [9.17, 15) is 0 Å². The quantitative estimate of drug-likeness (QED) is 0.561. The zero-order chi connectivity index (χ0) is 16.4. The summed E-state index contributed by atoms with van der Waals surface area (Å²) >= 11 is 0. The zero-order valence-electron chi connectivity index (χ0n) is 14.5. The Labute approximate surface area is 144 Å². The molecule has 5 rings (SSSR count). The second kappa shape index (κ2) is 4.69. The minimum Gasteiger partial charge on any atom is -0.191 e. The molecule has 2 aliphatic rings. The molecule has 24 heavy (non-hydrogen) atoms. The maximum Gasteiger partial charge on any atom is 0.221 e. The molecule has 1 heteroatoms. The van der Waals surface area contributed by atoms with Crippen LogP contribution in [0.2, 0.25) is 0 Å². The number of rotatable bonds is 2. The van der Waals surface area contributed by atoms with Crippen LogP contribution in [-0.2, 0) is 11.0 Å². The third-order valence-corrected chi connectivity index (χ3v) is 7.06. The molecule has 0 bridgehead atoms. The van der Waals surface area contributed by atoms with Crippen LogP contribution >= 0.6 is 0 Å². The van der Waals surface area contributed by atoms with E-state index >= 15 is 0 Å². The van der Waals surface area contributed by atoms with E-state index in [1.165, 1.54) is 47.7 Å². The summed E-state index contributed by atoms with van der Waals surface area (Å²) < 4.78 is 2.64. The van der Waals surface area contributed by atoms with E-state index in [0.717, 1.165) is 0 Å². The van der Waals surface area contributed by atoms with E-state index in [2.05, 4.69) is 79.2 Å². The van der Waals surface area contributed by atoms with E-state index in [1.54, 1.807) is 5.56 Å². The van der Waals surface area contributed by atoms with Gasteiger partial charge in [0.05, 0.1) is 16.4 Å². The molecule has 3 aromatic rings. The summed E-state index contributed by atoms with van der Waals surface area (Å²) in [6.07, 6.45) is 7.39. The molecule has 1 aliphatic heterocycles. The van der Waals surface area contributed by atoms with Gasteiger partial charge < -0.3 is 0 Å². The largest absolute Gasteiger partial charge is 0.221 e. The first-order valence-electron chi connectivity index (χ1n) is 9.31. The molecular formula is C23H24N+. The minimum absolute atomic E-state index is 0.246. The van der Waals surface area contributed by atoms with E-state index in [4.69, 9.17) is 0 Å². The molecule has 0 saturated heterocycles. The van der Waals surface area contributed by atoms with E-state index in [-0.39, 0.29) is 5.54 Å². The lowest BCUT2D eigenvalue weighted by Crippen LogP contribution is -2.75. The summed E-state index contributed by atoms with van der Waals surface area (Å²) in [5.41, 5.74) is 5.00. The van der Waals surface area contributed by atoms with Crippen LogP contribution in [0.4, 0.5) is 0 Å². The number of hydrogen-bond donors (Lipinski definition) is 0. The van der Waals surface area contributed by atoms with E-state index < -0.39 is 0 Å². The molecule has 0 N–H and O–H groups in total. The molecule has 1 aromatic heterocycles. The van der Waals surface area contributed by atoms with Crippen LogP contribution in [0.25, 0.3) is 22.0 Å². The molecule has 1 nitrogen and oxygen atoms in total. The van der Waals surface area contributed by atoms with Crippen molar-refractivity contribution < 1.29 is 4.57 Å². The Morgan fingerprint density at radius 3 is 2.42 bits per heavy atom. The van der Waals surface area contributed by atoms with Gasteiger partial charge in [-0.15, -0.1) is 0 Å². The number of benzene rings is 2. The highest BCUT2D eigenvalue weighted by atomic mass is 15.1. The maximum absolute atomic E-state index is 2.64. The van der Waals surface area contributed by atoms with Crippen LogP contribution in [0.1, 0.15) is 45.1 Å². The number of hydrogen-bond acceptors (Lipinski definition) is 0. The molecule has 2 atom stereocenters. The Morgan fingerprint density at radius 1 is 0.875 bits per heavy atom. The van der Waals surface area contributed by atoms with Crippen LogP contribution in [0.3, 0.4) is 0 Å². The van der Waals surface area contributed by atoms with Crippen molar-refractivity contribution in [3.63, 3.8) is 0 Å². The molecule has 2 aromatic carbocycles. The van der Waals surface area contributed by atoms with E-state index in [0.29, 0.717) is 5.41 Å². The van der Waals surface area contributed by atoms with Crippen molar-refractivity contribution in [1.29, 1.82) is 0 Å². The van der Waals surface area contributed by atoms with Crippen LogP contribution in [0, 0.1) is 0 Å². The monoisotopic (exact) mass is 314 g/mol. The van der Waals surface area contributed by atoms with Gasteiger partial charge >= 0.3 is 0 Å². The van der Waals surface area contributed by atoms with Crippen molar-refractivity contribution in [3.05, 3.63) is 66.4 Å². The predicted molar refractivity (Wildman–Crippen MR) is 99.0 cm³/mol. The lowest BCUT2D eigenvalue weighted by atomic mass is 9.47. The Bertz CT molecular complexity index is 949. The Morgan fingerprint density at radius 2 is 1.67 bits per heavy atom. The fourth-order valence-electron chi connectivity index (χ4n) is 5.79. The SMILES string of the molecule is CCC12CCC1(CC)[n+]1ccc3ccccc3c1-c1ccccc12. The highest BCUT2D eigenvalue weighted by Gasteiger charge is 2.68. The number of nitrogens with zero attached hydrogens (tertiary/aromatic N) is 1. The van der Waals surface area contributed by atoms with Gasteiger partial charge in [0.25, 0.3) is 0 Å². The van der Waals surface area contributed by atoms with Gasteiger partial charge in [0, 0.05) is 18.9 Å². The van der Waals surface area contributed by atoms with Crippen LogP contribution in [0.15, 0.2) is 60.8 Å². The lowest BCUT2D eigenvalue weighted by Gasteiger charge is -2.57. The van der Waals surface area contributed by atoms with Gasteiger partial charge in [-0.05, 0) is 35.9 Å². The third-order valence-electron chi connectivity index (χ3n) is 7.06. The molecular weight excluding hydrogens is 290 g/mol. The number of aromatic nitrogens is 1. The molecule has 0 spiro atoms. The Hall–Kier alpha value is -2.15. The summed E-state index contributed by atoms with van der Waals surface area (Å²) in [7, 11) is 0. The highest BCUT2D eigenvalue weighted by Crippen LogP contribution is 2.62. The first-order chi connectivity index (χ1) is 11.8.